The van der Waals surface area contributed by atoms with Crippen LogP contribution in [0.4, 0.5) is 0 Å². The van der Waals surface area contributed by atoms with Crippen molar-refractivity contribution in [1.82, 2.24) is 14.3 Å². The first-order valence-corrected chi connectivity index (χ1v) is 12.0. The second-order valence-corrected chi connectivity index (χ2v) is 9.30. The lowest BCUT2D eigenvalue weighted by atomic mass is 9.99. The number of hydrogen-bond acceptors (Lipinski definition) is 5. The second kappa shape index (κ2) is 9.61. The SMILES string of the molecule is BN(Cc1ccc2c(c1)OCCO2)C1CCN(CCn2c(=O)ccc3cccc(C)c32)CC1. The molecule has 0 bridgehead atoms. The quantitative estimate of drug-likeness (QED) is 0.546. The predicted octanol–water partition coefficient (Wildman–Crippen LogP) is 2.60. The smallest absolute Gasteiger partial charge is 0.251 e. The summed E-state index contributed by atoms with van der Waals surface area (Å²) in [6.07, 6.45) is 2.29. The molecule has 0 aliphatic carbocycles. The van der Waals surface area contributed by atoms with Crippen molar-refractivity contribution in [3.63, 3.8) is 0 Å². The molecule has 1 saturated heterocycles. The van der Waals surface area contributed by atoms with Crippen molar-refractivity contribution in [2.45, 2.75) is 38.9 Å². The first-order valence-electron chi connectivity index (χ1n) is 12.0. The van der Waals surface area contributed by atoms with E-state index in [1.807, 2.05) is 16.7 Å². The lowest BCUT2D eigenvalue weighted by Gasteiger charge is -2.37. The van der Waals surface area contributed by atoms with Crippen LogP contribution in [0, 0.1) is 6.92 Å². The van der Waals surface area contributed by atoms with Gasteiger partial charge in [0.1, 0.15) is 13.2 Å². The van der Waals surface area contributed by atoms with Crippen LogP contribution >= 0.6 is 0 Å². The Kier molecular flexibility index (Phi) is 6.42. The van der Waals surface area contributed by atoms with Crippen LogP contribution < -0.4 is 15.0 Å². The Balaban J connectivity index is 1.16. The lowest BCUT2D eigenvalue weighted by Crippen LogP contribution is -2.44. The second-order valence-electron chi connectivity index (χ2n) is 9.30. The minimum absolute atomic E-state index is 0.0887. The van der Waals surface area contributed by atoms with Crippen LogP contribution in [-0.4, -0.2) is 61.1 Å². The van der Waals surface area contributed by atoms with Gasteiger partial charge in [0.15, 0.2) is 19.5 Å². The van der Waals surface area contributed by atoms with E-state index in [4.69, 9.17) is 9.47 Å². The van der Waals surface area contributed by atoms with Crippen LogP contribution in [0.3, 0.4) is 0 Å². The van der Waals surface area contributed by atoms with E-state index in [9.17, 15) is 4.79 Å². The number of para-hydroxylation sites is 1. The van der Waals surface area contributed by atoms with Gasteiger partial charge >= 0.3 is 0 Å². The molecule has 0 unspecified atom stereocenters. The summed E-state index contributed by atoms with van der Waals surface area (Å²) in [5, 5.41) is 1.13. The molecule has 2 aliphatic heterocycles. The fourth-order valence-electron chi connectivity index (χ4n) is 5.20. The zero-order valence-electron chi connectivity index (χ0n) is 19.6. The predicted molar refractivity (Wildman–Crippen MR) is 134 cm³/mol. The molecular formula is C26H32BN3O3. The van der Waals surface area contributed by atoms with Gasteiger partial charge in [0.25, 0.3) is 5.56 Å². The molecule has 2 aromatic carbocycles. The number of pyridine rings is 1. The van der Waals surface area contributed by atoms with Gasteiger partial charge in [0, 0.05) is 31.7 Å². The molecule has 0 saturated carbocycles. The molecule has 172 valence electrons. The molecule has 0 atom stereocenters. The number of piperidine rings is 1. The number of aryl methyl sites for hydroxylation is 1. The van der Waals surface area contributed by atoms with Gasteiger partial charge in [-0.25, -0.2) is 0 Å². The third kappa shape index (κ3) is 4.80. The third-order valence-corrected chi connectivity index (χ3v) is 7.07. The highest BCUT2D eigenvalue weighted by atomic mass is 16.6. The average molecular weight is 445 g/mol. The topological polar surface area (TPSA) is 46.9 Å². The number of hydrogen-bond donors (Lipinski definition) is 0. The summed E-state index contributed by atoms with van der Waals surface area (Å²) in [6, 6.07) is 16.7. The van der Waals surface area contributed by atoms with Crippen LogP contribution in [0.15, 0.2) is 53.3 Å². The summed E-state index contributed by atoms with van der Waals surface area (Å²) in [7, 11) is 2.22. The van der Waals surface area contributed by atoms with Crippen molar-refractivity contribution in [3.05, 3.63) is 70.0 Å². The van der Waals surface area contributed by atoms with Crippen molar-refractivity contribution in [1.29, 1.82) is 0 Å². The fourth-order valence-corrected chi connectivity index (χ4v) is 5.20. The molecule has 1 aromatic heterocycles. The van der Waals surface area contributed by atoms with Gasteiger partial charge in [-0.2, -0.15) is 0 Å². The zero-order chi connectivity index (χ0) is 22.8. The first-order chi connectivity index (χ1) is 16.1. The van der Waals surface area contributed by atoms with E-state index >= 15 is 0 Å². The van der Waals surface area contributed by atoms with Crippen LogP contribution in [0.1, 0.15) is 24.0 Å². The molecule has 0 radical (unpaired) electrons. The molecule has 1 fully saturated rings. The maximum absolute atomic E-state index is 12.6. The van der Waals surface area contributed by atoms with Crippen molar-refractivity contribution in [2.24, 2.45) is 0 Å². The highest BCUT2D eigenvalue weighted by molar-refractivity contribution is 6.04. The Hall–Kier alpha value is -2.77. The van der Waals surface area contributed by atoms with Crippen LogP contribution in [0.5, 0.6) is 11.5 Å². The summed E-state index contributed by atoms with van der Waals surface area (Å²) in [5.74, 6) is 1.71. The van der Waals surface area contributed by atoms with Crippen molar-refractivity contribution in [3.8, 4) is 11.5 Å². The van der Waals surface area contributed by atoms with Gasteiger partial charge in [-0.05, 0) is 67.6 Å². The normalized spacial score (nSPS) is 17.0. The molecule has 3 heterocycles. The number of fused-ring (bicyclic) bond motifs is 2. The Bertz CT molecular complexity index is 1190. The van der Waals surface area contributed by atoms with E-state index in [1.165, 1.54) is 5.56 Å². The summed E-state index contributed by atoms with van der Waals surface area (Å²) in [5.41, 5.74) is 3.57. The first kappa shape index (κ1) is 22.0. The van der Waals surface area contributed by atoms with Gasteiger partial charge in [0.05, 0.1) is 5.52 Å². The summed E-state index contributed by atoms with van der Waals surface area (Å²) >= 11 is 0. The molecule has 3 aromatic rings. The van der Waals surface area contributed by atoms with E-state index in [1.54, 1.807) is 6.07 Å². The molecular weight excluding hydrogens is 413 g/mol. The number of likely N-dealkylation sites (tertiary alicyclic amines) is 1. The van der Waals surface area contributed by atoms with E-state index in [2.05, 4.69) is 54.9 Å². The molecule has 33 heavy (non-hydrogen) atoms. The molecule has 2 aliphatic rings. The van der Waals surface area contributed by atoms with E-state index in [-0.39, 0.29) is 5.56 Å². The minimum atomic E-state index is 0.0887. The molecule has 7 heteroatoms. The number of benzene rings is 2. The van der Waals surface area contributed by atoms with E-state index < -0.39 is 0 Å². The number of ether oxygens (including phenoxy) is 2. The lowest BCUT2D eigenvalue weighted by molar-refractivity contribution is 0.153. The number of nitrogens with zero attached hydrogens (tertiary/aromatic N) is 3. The molecule has 6 nitrogen and oxygen atoms in total. The molecule has 0 N–H and O–H groups in total. The van der Waals surface area contributed by atoms with Crippen LogP contribution in [0.25, 0.3) is 10.9 Å². The Morgan fingerprint density at radius 3 is 2.61 bits per heavy atom. The van der Waals surface area contributed by atoms with Crippen LogP contribution in [-0.2, 0) is 13.1 Å². The molecule has 0 spiro atoms. The van der Waals surface area contributed by atoms with Crippen molar-refractivity contribution in [2.75, 3.05) is 32.8 Å². The van der Waals surface area contributed by atoms with Crippen molar-refractivity contribution < 1.29 is 9.47 Å². The summed E-state index contributed by atoms with van der Waals surface area (Å²) < 4.78 is 13.3. The zero-order valence-corrected chi connectivity index (χ0v) is 19.6. The number of aromatic nitrogens is 1. The van der Waals surface area contributed by atoms with Gasteiger partial charge in [0.2, 0.25) is 0 Å². The minimum Gasteiger partial charge on any atom is -0.486 e. The van der Waals surface area contributed by atoms with Gasteiger partial charge in [-0.1, -0.05) is 24.3 Å². The van der Waals surface area contributed by atoms with Gasteiger partial charge < -0.3 is 23.8 Å². The number of rotatable bonds is 6. The average Bonchev–Trinajstić information content (AvgIpc) is 2.84. The summed E-state index contributed by atoms with van der Waals surface area (Å²) in [4.78, 5) is 17.5. The van der Waals surface area contributed by atoms with Crippen molar-refractivity contribution >= 4 is 18.9 Å². The molecule has 5 rings (SSSR count). The maximum atomic E-state index is 12.6. The van der Waals surface area contributed by atoms with E-state index in [0.717, 1.165) is 73.5 Å². The Morgan fingerprint density at radius 2 is 1.79 bits per heavy atom. The van der Waals surface area contributed by atoms with Crippen LogP contribution in [0.2, 0.25) is 0 Å². The largest absolute Gasteiger partial charge is 0.486 e. The fraction of sp³-hybridized carbons (Fsp3) is 0.423. The van der Waals surface area contributed by atoms with Gasteiger partial charge in [-0.15, -0.1) is 0 Å². The summed E-state index contributed by atoms with van der Waals surface area (Å²) in [6.45, 7) is 8.01. The molecule has 0 amide bonds. The third-order valence-electron chi connectivity index (χ3n) is 7.07. The highest BCUT2D eigenvalue weighted by Gasteiger charge is 2.23. The highest BCUT2D eigenvalue weighted by Crippen LogP contribution is 2.31. The van der Waals surface area contributed by atoms with E-state index in [0.29, 0.717) is 19.3 Å². The maximum Gasteiger partial charge on any atom is 0.251 e. The monoisotopic (exact) mass is 445 g/mol. The Labute approximate surface area is 196 Å². The Morgan fingerprint density at radius 1 is 1.00 bits per heavy atom. The van der Waals surface area contributed by atoms with Gasteiger partial charge in [-0.3, -0.25) is 4.79 Å². The standard InChI is InChI=1S/C26H32BN3O3/c1-19-3-2-4-21-6-8-25(31)29(26(19)21)14-13-28-11-9-22(10-12-28)30(27)18-20-5-7-23-24(17-20)33-16-15-32-23/h2-8,17,22H,9-16,18,27H2,1H3.